The summed E-state index contributed by atoms with van der Waals surface area (Å²) in [6, 6.07) is 2.01. The number of rotatable bonds is 5. The highest BCUT2D eigenvalue weighted by atomic mass is 19.1. The lowest BCUT2D eigenvalue weighted by Crippen LogP contribution is -2.56. The first-order valence-corrected chi connectivity index (χ1v) is 12.0. The van der Waals surface area contributed by atoms with Gasteiger partial charge in [0.1, 0.15) is 29.4 Å². The fourth-order valence-corrected chi connectivity index (χ4v) is 7.19. The summed E-state index contributed by atoms with van der Waals surface area (Å²) in [5, 5.41) is 9.41. The highest BCUT2D eigenvalue weighted by molar-refractivity contribution is 5.97. The summed E-state index contributed by atoms with van der Waals surface area (Å²) < 4.78 is 36.7. The molecule has 1 heterocycles. The van der Waals surface area contributed by atoms with Crippen molar-refractivity contribution in [3.8, 4) is 5.75 Å². The molecule has 2 unspecified atom stereocenters. The molecule has 32 heavy (non-hydrogen) atoms. The third kappa shape index (κ3) is 3.30. The molecule has 6 fully saturated rings. The number of ether oxygens (including phenoxy) is 1. The zero-order chi connectivity index (χ0) is 22.2. The Morgan fingerprint density at radius 3 is 2.44 bits per heavy atom. The topological polar surface area (TPSA) is 66.8 Å². The van der Waals surface area contributed by atoms with Gasteiger partial charge in [-0.05, 0) is 93.1 Å². The lowest BCUT2D eigenvalue weighted by Gasteiger charge is -2.56. The van der Waals surface area contributed by atoms with Crippen LogP contribution >= 0.6 is 0 Å². The highest BCUT2D eigenvalue weighted by Crippen LogP contribution is 2.58. The Kier molecular flexibility index (Phi) is 4.57. The van der Waals surface area contributed by atoms with Crippen LogP contribution < -0.4 is 4.74 Å². The maximum Gasteiger partial charge on any atom is 0.326 e. The SMILES string of the molecule is O=C(O)[C@@H]1CCCN1C(=O)c1cc(C2CC2)c(O[C@@H]2[C@@H]3CC4C[C@H]2CC(F)(C4)C3)cc1F. The normalized spacial score (nSPS) is 37.7. The van der Waals surface area contributed by atoms with Crippen molar-refractivity contribution in [2.45, 2.75) is 81.5 Å². The van der Waals surface area contributed by atoms with Crippen LogP contribution in [0.4, 0.5) is 8.78 Å². The summed E-state index contributed by atoms with van der Waals surface area (Å²) in [6.45, 7) is 0.323. The number of hydrogen-bond acceptors (Lipinski definition) is 3. The van der Waals surface area contributed by atoms with Gasteiger partial charge in [-0.25, -0.2) is 13.6 Å². The van der Waals surface area contributed by atoms with Crippen molar-refractivity contribution in [1.29, 1.82) is 0 Å². The number of amides is 1. The molecule has 5 saturated carbocycles. The first-order valence-electron chi connectivity index (χ1n) is 12.0. The van der Waals surface area contributed by atoms with E-state index < -0.39 is 29.4 Å². The first-order chi connectivity index (χ1) is 15.3. The summed E-state index contributed by atoms with van der Waals surface area (Å²) in [6.07, 6.45) is 6.54. The molecule has 172 valence electrons. The number of aliphatic carboxylic acids is 1. The van der Waals surface area contributed by atoms with Crippen molar-refractivity contribution < 1.29 is 28.2 Å². The minimum absolute atomic E-state index is 0.0693. The van der Waals surface area contributed by atoms with Gasteiger partial charge in [0, 0.05) is 12.6 Å². The molecule has 5 aliphatic carbocycles. The van der Waals surface area contributed by atoms with E-state index in [1.807, 2.05) is 0 Å². The van der Waals surface area contributed by atoms with Crippen molar-refractivity contribution in [2.24, 2.45) is 17.8 Å². The van der Waals surface area contributed by atoms with Gasteiger partial charge in [-0.3, -0.25) is 4.79 Å². The van der Waals surface area contributed by atoms with Crippen molar-refractivity contribution in [2.75, 3.05) is 6.54 Å². The summed E-state index contributed by atoms with van der Waals surface area (Å²) in [4.78, 5) is 25.8. The number of alkyl halides is 1. The second kappa shape index (κ2) is 7.16. The Bertz CT molecular complexity index is 961. The number of benzene rings is 1. The van der Waals surface area contributed by atoms with Crippen LogP contribution in [0, 0.1) is 23.6 Å². The molecule has 0 spiro atoms. The van der Waals surface area contributed by atoms with Crippen molar-refractivity contribution >= 4 is 11.9 Å². The lowest BCUT2D eigenvalue weighted by atomic mass is 9.53. The minimum atomic E-state index is -1.05. The zero-order valence-electron chi connectivity index (χ0n) is 18.1. The fourth-order valence-electron chi connectivity index (χ4n) is 7.19. The van der Waals surface area contributed by atoms with E-state index in [2.05, 4.69) is 0 Å². The average molecular weight is 446 g/mol. The second-order valence-electron chi connectivity index (χ2n) is 10.8. The molecule has 6 aliphatic rings. The van der Waals surface area contributed by atoms with E-state index >= 15 is 8.78 Å². The van der Waals surface area contributed by atoms with Crippen LogP contribution in [0.3, 0.4) is 0 Å². The van der Waals surface area contributed by atoms with Crippen molar-refractivity contribution in [3.05, 3.63) is 29.1 Å². The van der Waals surface area contributed by atoms with Crippen LogP contribution in [0.2, 0.25) is 0 Å². The predicted molar refractivity (Wildman–Crippen MR) is 112 cm³/mol. The van der Waals surface area contributed by atoms with Gasteiger partial charge in [-0.15, -0.1) is 0 Å². The summed E-state index contributed by atoms with van der Waals surface area (Å²) >= 11 is 0. The number of carboxylic acid groups (broad SMARTS) is 1. The molecular formula is C25H29F2NO4. The predicted octanol–water partition coefficient (Wildman–Crippen LogP) is 4.69. The minimum Gasteiger partial charge on any atom is -0.489 e. The number of hydrogen-bond donors (Lipinski definition) is 1. The van der Waals surface area contributed by atoms with E-state index in [1.54, 1.807) is 6.07 Å². The zero-order valence-corrected chi connectivity index (χ0v) is 18.1. The van der Waals surface area contributed by atoms with Crippen molar-refractivity contribution in [3.63, 3.8) is 0 Å². The monoisotopic (exact) mass is 445 g/mol. The van der Waals surface area contributed by atoms with Gasteiger partial charge in [0.05, 0.1) is 5.56 Å². The molecular weight excluding hydrogens is 416 g/mol. The number of nitrogens with zero attached hydrogens (tertiary/aromatic N) is 1. The molecule has 1 aromatic carbocycles. The molecule has 0 aromatic heterocycles. The van der Waals surface area contributed by atoms with Crippen LogP contribution in [0.25, 0.3) is 0 Å². The quantitative estimate of drug-likeness (QED) is 0.714. The van der Waals surface area contributed by atoms with Gasteiger partial charge < -0.3 is 14.7 Å². The Morgan fingerprint density at radius 2 is 1.81 bits per heavy atom. The molecule has 1 amide bonds. The molecule has 1 N–H and O–H groups in total. The standard InChI is InChI=1S/C25H29F2NO4/c26-19-9-21(32-22-15-6-13-7-16(22)12-25(27,10-13)11-15)17(14-3-4-14)8-18(19)23(29)28-5-1-2-20(28)24(30)31/h8-9,13-16,20,22H,1-7,10-12H2,(H,30,31)/t13?,15-,16+,20-,22-,25?/m0/s1. The Hall–Kier alpha value is -2.18. The second-order valence-corrected chi connectivity index (χ2v) is 10.8. The van der Waals surface area contributed by atoms with Crippen LogP contribution in [0.1, 0.15) is 79.6 Å². The Balaban J connectivity index is 1.29. The van der Waals surface area contributed by atoms with Crippen LogP contribution in [0.15, 0.2) is 12.1 Å². The van der Waals surface area contributed by atoms with E-state index in [0.717, 1.165) is 31.2 Å². The Morgan fingerprint density at radius 1 is 1.09 bits per heavy atom. The number of likely N-dealkylation sites (tertiary alicyclic amines) is 1. The van der Waals surface area contributed by atoms with E-state index in [0.29, 0.717) is 50.3 Å². The molecule has 0 radical (unpaired) electrons. The molecule has 5 nitrogen and oxygen atoms in total. The summed E-state index contributed by atoms with van der Waals surface area (Å²) in [7, 11) is 0. The van der Waals surface area contributed by atoms with Gasteiger partial charge in [-0.1, -0.05) is 0 Å². The molecule has 1 saturated heterocycles. The summed E-state index contributed by atoms with van der Waals surface area (Å²) in [5.41, 5.74) is -0.280. The third-order valence-electron chi connectivity index (χ3n) is 8.52. The van der Waals surface area contributed by atoms with Gasteiger partial charge in [0.2, 0.25) is 0 Å². The third-order valence-corrected chi connectivity index (χ3v) is 8.52. The fraction of sp³-hybridized carbons (Fsp3) is 0.680. The Labute approximate surface area is 186 Å². The number of carboxylic acids is 1. The molecule has 7 heteroatoms. The van der Waals surface area contributed by atoms with Crippen LogP contribution in [-0.4, -0.2) is 46.2 Å². The maximum atomic E-state index is 15.2. The van der Waals surface area contributed by atoms with Crippen LogP contribution in [-0.2, 0) is 4.79 Å². The average Bonchev–Trinajstić information content (AvgIpc) is 3.43. The van der Waals surface area contributed by atoms with Gasteiger partial charge >= 0.3 is 5.97 Å². The van der Waals surface area contributed by atoms with E-state index in [9.17, 15) is 14.7 Å². The van der Waals surface area contributed by atoms with E-state index in [-0.39, 0.29) is 29.4 Å². The van der Waals surface area contributed by atoms with Crippen LogP contribution in [0.5, 0.6) is 5.75 Å². The number of carbonyl (C=O) groups excluding carboxylic acids is 1. The highest BCUT2D eigenvalue weighted by Gasteiger charge is 2.57. The van der Waals surface area contributed by atoms with Gasteiger partial charge in [-0.2, -0.15) is 0 Å². The lowest BCUT2D eigenvalue weighted by molar-refractivity contribution is -0.141. The molecule has 7 rings (SSSR count). The molecule has 6 atom stereocenters. The van der Waals surface area contributed by atoms with Crippen molar-refractivity contribution in [1.82, 2.24) is 4.90 Å². The van der Waals surface area contributed by atoms with Gasteiger partial charge in [0.25, 0.3) is 5.91 Å². The molecule has 1 aromatic rings. The number of halogens is 2. The smallest absolute Gasteiger partial charge is 0.326 e. The largest absolute Gasteiger partial charge is 0.489 e. The molecule has 1 aliphatic heterocycles. The number of carbonyl (C=O) groups is 2. The summed E-state index contributed by atoms with van der Waals surface area (Å²) in [5.74, 6) is -0.775. The van der Waals surface area contributed by atoms with E-state index in [4.69, 9.17) is 4.74 Å². The van der Waals surface area contributed by atoms with E-state index in [1.165, 1.54) is 11.0 Å². The van der Waals surface area contributed by atoms with Gasteiger partial charge in [0.15, 0.2) is 0 Å². The first kappa shape index (κ1) is 20.4. The molecule has 4 bridgehead atoms. The maximum absolute atomic E-state index is 15.2.